The molecule has 1 aliphatic rings. The number of nitrogens with zero attached hydrogens (tertiary/aromatic N) is 6. The third kappa shape index (κ3) is 5.37. The zero-order valence-electron chi connectivity index (χ0n) is 24.7. The predicted octanol–water partition coefficient (Wildman–Crippen LogP) is 4.95. The molecule has 1 aliphatic heterocycles. The summed E-state index contributed by atoms with van der Waals surface area (Å²) < 4.78 is 46.8. The second-order valence-corrected chi connectivity index (χ2v) is 11.2. The molecule has 5 rings (SSSR count). The van der Waals surface area contributed by atoms with Gasteiger partial charge >= 0.3 is 11.1 Å². The summed E-state index contributed by atoms with van der Waals surface area (Å²) in [5, 5.41) is 19.9. The number of aryl methyl sites for hydroxylation is 1. The third-order valence-corrected chi connectivity index (χ3v) is 8.04. The molecular formula is C32H29F3N6O4. The van der Waals surface area contributed by atoms with Crippen molar-refractivity contribution in [3.8, 4) is 28.8 Å². The number of hydrogen-bond donors (Lipinski definition) is 1. The van der Waals surface area contributed by atoms with Crippen LogP contribution in [-0.2, 0) is 4.79 Å². The van der Waals surface area contributed by atoms with Gasteiger partial charge < -0.3 is 10.0 Å². The van der Waals surface area contributed by atoms with E-state index in [0.717, 1.165) is 32.2 Å². The Labute approximate surface area is 255 Å². The van der Waals surface area contributed by atoms with Gasteiger partial charge in [-0.25, -0.2) is 18.2 Å². The number of phenols is 1. The van der Waals surface area contributed by atoms with Crippen molar-refractivity contribution in [2.75, 3.05) is 6.54 Å². The molecule has 0 radical (unpaired) electrons. The fourth-order valence-electron chi connectivity index (χ4n) is 5.98. The normalized spacial score (nSPS) is 16.6. The van der Waals surface area contributed by atoms with Gasteiger partial charge in [0.05, 0.1) is 35.0 Å². The number of likely N-dealkylation sites (tertiary alicyclic amines) is 1. The molecule has 0 spiro atoms. The number of halogens is 3. The lowest BCUT2D eigenvalue weighted by molar-refractivity contribution is -0.132. The Balaban J connectivity index is 1.85. The third-order valence-electron chi connectivity index (χ3n) is 8.04. The molecule has 1 unspecified atom stereocenters. The van der Waals surface area contributed by atoms with Gasteiger partial charge in [0.15, 0.2) is 17.3 Å². The molecule has 4 aromatic rings. The molecule has 0 bridgehead atoms. The molecule has 2 atom stereocenters. The molecule has 1 fully saturated rings. The number of pyridine rings is 2. The maximum atomic E-state index is 15.9. The molecule has 10 nitrogen and oxygen atoms in total. The summed E-state index contributed by atoms with van der Waals surface area (Å²) in [4.78, 5) is 50.5. The molecule has 1 N–H and O–H groups in total. The first-order chi connectivity index (χ1) is 21.4. The number of rotatable bonds is 6. The van der Waals surface area contributed by atoms with Gasteiger partial charge in [0.25, 0.3) is 5.91 Å². The predicted molar refractivity (Wildman–Crippen MR) is 159 cm³/mol. The average Bonchev–Trinajstić information content (AvgIpc) is 2.98. The van der Waals surface area contributed by atoms with Gasteiger partial charge in [-0.15, -0.1) is 0 Å². The number of hydrogen-bond acceptors (Lipinski definition) is 7. The number of benzene rings is 1. The SMILES string of the molecule is C=C(F)C(=O)N1CCC(n2c(=O)c(=O)n(-c3c(C)ccnc3C(C)C)c3nc(-c4c(O)cccc4F)c(F)cc32)C[C@H]1CC#N. The number of nitriles is 1. The van der Waals surface area contributed by atoms with Crippen LogP contribution in [-0.4, -0.2) is 47.6 Å². The Morgan fingerprint density at radius 1 is 1.20 bits per heavy atom. The first-order valence-electron chi connectivity index (χ1n) is 14.2. The van der Waals surface area contributed by atoms with E-state index < -0.39 is 63.6 Å². The van der Waals surface area contributed by atoms with Gasteiger partial charge in [0.1, 0.15) is 17.3 Å². The van der Waals surface area contributed by atoms with E-state index in [0.29, 0.717) is 11.3 Å². The smallest absolute Gasteiger partial charge is 0.322 e. The van der Waals surface area contributed by atoms with Crippen molar-refractivity contribution in [1.29, 1.82) is 5.26 Å². The highest BCUT2D eigenvalue weighted by Gasteiger charge is 2.36. The van der Waals surface area contributed by atoms with Crippen molar-refractivity contribution in [2.24, 2.45) is 0 Å². The number of carbonyl (C=O) groups is 1. The number of piperidine rings is 1. The van der Waals surface area contributed by atoms with Gasteiger partial charge in [-0.05, 0) is 49.4 Å². The van der Waals surface area contributed by atoms with E-state index >= 15 is 4.39 Å². The van der Waals surface area contributed by atoms with Crippen molar-refractivity contribution < 1.29 is 23.1 Å². The molecule has 0 saturated carbocycles. The van der Waals surface area contributed by atoms with Gasteiger partial charge in [0, 0.05) is 30.9 Å². The molecule has 1 aromatic carbocycles. The van der Waals surface area contributed by atoms with Crippen LogP contribution in [0, 0.1) is 29.9 Å². The van der Waals surface area contributed by atoms with Crippen LogP contribution in [0.4, 0.5) is 13.2 Å². The minimum Gasteiger partial charge on any atom is -0.507 e. The monoisotopic (exact) mass is 618 g/mol. The Morgan fingerprint density at radius 2 is 1.93 bits per heavy atom. The minimum atomic E-state index is -1.20. The Bertz CT molecular complexity index is 2010. The van der Waals surface area contributed by atoms with Crippen molar-refractivity contribution in [3.05, 3.63) is 92.5 Å². The Morgan fingerprint density at radius 3 is 2.58 bits per heavy atom. The van der Waals surface area contributed by atoms with Gasteiger partial charge in [-0.1, -0.05) is 26.5 Å². The quantitative estimate of drug-likeness (QED) is 0.239. The fourth-order valence-corrected chi connectivity index (χ4v) is 5.98. The summed E-state index contributed by atoms with van der Waals surface area (Å²) >= 11 is 0. The average molecular weight is 619 g/mol. The molecule has 45 heavy (non-hydrogen) atoms. The standard InChI is InChI=1S/C32H29F3N6O4/c1-16(2)26-28(17(3)9-12-37-26)41-29-23(15-22(35)27(38-29)25-21(34)6-5-7-24(25)42)40(31(44)32(41)45)20-10-13-39(30(43)18(4)33)19(14-20)8-11-36/h5-7,9,12,15-16,19-20,42H,4,8,10,13-14H2,1-3H3/t19-,20?/m1/s1. The van der Waals surface area contributed by atoms with E-state index in [-0.39, 0.29) is 48.6 Å². The van der Waals surface area contributed by atoms with Crippen LogP contribution in [0.25, 0.3) is 28.1 Å². The molecule has 4 heterocycles. The van der Waals surface area contributed by atoms with Crippen molar-refractivity contribution in [3.63, 3.8) is 0 Å². The molecule has 13 heteroatoms. The van der Waals surface area contributed by atoms with Crippen LogP contribution in [0.15, 0.2) is 58.5 Å². The highest BCUT2D eigenvalue weighted by atomic mass is 19.1. The molecule has 1 amide bonds. The van der Waals surface area contributed by atoms with E-state index in [1.54, 1.807) is 19.2 Å². The summed E-state index contributed by atoms with van der Waals surface area (Å²) in [6, 6.07) is 6.30. The van der Waals surface area contributed by atoms with E-state index in [1.807, 2.05) is 19.9 Å². The van der Waals surface area contributed by atoms with E-state index in [2.05, 4.69) is 16.5 Å². The maximum Gasteiger partial charge on any atom is 0.322 e. The van der Waals surface area contributed by atoms with Crippen LogP contribution in [0.2, 0.25) is 0 Å². The van der Waals surface area contributed by atoms with Gasteiger partial charge in [-0.2, -0.15) is 5.26 Å². The summed E-state index contributed by atoms with van der Waals surface area (Å²) in [6.45, 7) is 8.36. The highest BCUT2D eigenvalue weighted by Crippen LogP contribution is 2.36. The number of carbonyl (C=O) groups excluding carboxylic acids is 1. The summed E-state index contributed by atoms with van der Waals surface area (Å²) in [6.07, 6.45) is 1.37. The van der Waals surface area contributed by atoms with Crippen LogP contribution in [0.5, 0.6) is 5.75 Å². The lowest BCUT2D eigenvalue weighted by Crippen LogP contribution is -2.50. The second-order valence-electron chi connectivity index (χ2n) is 11.2. The van der Waals surface area contributed by atoms with Crippen molar-refractivity contribution >= 4 is 17.1 Å². The second kappa shape index (κ2) is 12.0. The van der Waals surface area contributed by atoms with Gasteiger partial charge in [0.2, 0.25) is 0 Å². The minimum absolute atomic E-state index is 0.0360. The fraction of sp³-hybridized carbons (Fsp3) is 0.312. The van der Waals surface area contributed by atoms with E-state index in [4.69, 9.17) is 0 Å². The van der Waals surface area contributed by atoms with Gasteiger partial charge in [-0.3, -0.25) is 28.5 Å². The zero-order valence-corrected chi connectivity index (χ0v) is 24.7. The van der Waals surface area contributed by atoms with Crippen molar-refractivity contribution in [2.45, 2.75) is 58.0 Å². The molecule has 1 saturated heterocycles. The van der Waals surface area contributed by atoms with Crippen molar-refractivity contribution in [1.82, 2.24) is 24.0 Å². The number of aromatic nitrogens is 4. The number of aromatic hydroxyl groups is 1. The Hall–Kier alpha value is -5.25. The maximum absolute atomic E-state index is 15.9. The van der Waals surface area contributed by atoms with Crippen LogP contribution < -0.4 is 11.1 Å². The van der Waals surface area contributed by atoms with E-state index in [1.165, 1.54) is 6.07 Å². The number of amides is 1. The molecule has 232 valence electrons. The summed E-state index contributed by atoms with van der Waals surface area (Å²) in [5.41, 5.74) is -2.27. The highest BCUT2D eigenvalue weighted by molar-refractivity contribution is 5.91. The summed E-state index contributed by atoms with van der Waals surface area (Å²) in [7, 11) is 0. The van der Waals surface area contributed by atoms with Crippen LogP contribution >= 0.6 is 0 Å². The molecule has 0 aliphatic carbocycles. The lowest BCUT2D eigenvalue weighted by atomic mass is 9.94. The summed E-state index contributed by atoms with van der Waals surface area (Å²) in [5.74, 6) is -5.05. The van der Waals surface area contributed by atoms with Crippen LogP contribution in [0.1, 0.15) is 56.3 Å². The lowest BCUT2D eigenvalue weighted by Gasteiger charge is -2.39. The van der Waals surface area contributed by atoms with E-state index in [9.17, 15) is 33.5 Å². The first-order valence-corrected chi connectivity index (χ1v) is 14.2. The molecule has 3 aromatic heterocycles. The first kappa shape index (κ1) is 31.2. The topological polar surface area (TPSA) is 134 Å². The van der Waals surface area contributed by atoms with Crippen LogP contribution in [0.3, 0.4) is 0 Å². The molecular weight excluding hydrogens is 589 g/mol. The number of fused-ring (bicyclic) bond motifs is 1. The zero-order chi connectivity index (χ0) is 32.7. The Kier molecular flexibility index (Phi) is 8.34. The number of phenolic OH excluding ortho intramolecular Hbond substituents is 1. The largest absolute Gasteiger partial charge is 0.507 e.